The fourth-order valence-corrected chi connectivity index (χ4v) is 5.53. The summed E-state index contributed by atoms with van der Waals surface area (Å²) in [6.45, 7) is 5.51. The van der Waals surface area contributed by atoms with Crippen LogP contribution in [0.4, 0.5) is 5.69 Å². The number of ketones is 1. The predicted octanol–water partition coefficient (Wildman–Crippen LogP) is 3.23. The predicted molar refractivity (Wildman–Crippen MR) is 102 cm³/mol. The Kier molecular flexibility index (Phi) is 4.83. The van der Waals surface area contributed by atoms with Crippen molar-refractivity contribution in [3.8, 4) is 0 Å². The van der Waals surface area contributed by atoms with E-state index in [9.17, 15) is 9.59 Å². The number of hydrogen-bond donors (Lipinski definition) is 0. The quantitative estimate of drug-likeness (QED) is 0.747. The van der Waals surface area contributed by atoms with E-state index in [4.69, 9.17) is 4.74 Å². The Balaban J connectivity index is 2.04. The maximum atomic E-state index is 12.3. The van der Waals surface area contributed by atoms with Crippen molar-refractivity contribution in [2.45, 2.75) is 25.1 Å². The molecule has 0 aliphatic carbocycles. The van der Waals surface area contributed by atoms with Gasteiger partial charge in [-0.2, -0.15) is 5.10 Å². The second-order valence-corrected chi connectivity index (χ2v) is 8.16. The number of allylic oxidation sites excluding steroid dienone is 2. The van der Waals surface area contributed by atoms with E-state index in [0.717, 1.165) is 11.4 Å². The van der Waals surface area contributed by atoms with Crippen LogP contribution in [0, 0.1) is 0 Å². The van der Waals surface area contributed by atoms with Gasteiger partial charge in [0.1, 0.15) is 0 Å². The zero-order valence-corrected chi connectivity index (χ0v) is 16.1. The number of para-hydroxylation sites is 1. The van der Waals surface area contributed by atoms with Crippen molar-refractivity contribution in [1.29, 1.82) is 0 Å². The summed E-state index contributed by atoms with van der Waals surface area (Å²) in [4.78, 5) is 27.0. The summed E-state index contributed by atoms with van der Waals surface area (Å²) < 4.78 is 4.37. The van der Waals surface area contributed by atoms with E-state index in [0.29, 0.717) is 4.91 Å². The lowest BCUT2D eigenvalue weighted by atomic mass is 10.3. The summed E-state index contributed by atoms with van der Waals surface area (Å²) in [7, 11) is 1.91. The van der Waals surface area contributed by atoms with Gasteiger partial charge in [-0.3, -0.25) is 4.79 Å². The molecule has 2 heterocycles. The molecule has 1 spiro atoms. The van der Waals surface area contributed by atoms with E-state index >= 15 is 0 Å². The number of esters is 1. The molecule has 1 atom stereocenters. The second-order valence-electron chi connectivity index (χ2n) is 5.56. The third-order valence-corrected chi connectivity index (χ3v) is 7.10. The van der Waals surface area contributed by atoms with Crippen LogP contribution < -0.4 is 5.01 Å². The van der Waals surface area contributed by atoms with Crippen molar-refractivity contribution >= 4 is 46.0 Å². The first-order valence-electron chi connectivity index (χ1n) is 7.85. The van der Waals surface area contributed by atoms with Crippen molar-refractivity contribution in [2.24, 2.45) is 5.10 Å². The molecule has 1 unspecified atom stereocenters. The summed E-state index contributed by atoms with van der Waals surface area (Å²) in [5.74, 6) is -0.447. The highest BCUT2D eigenvalue weighted by atomic mass is 32.2. The van der Waals surface area contributed by atoms with E-state index in [1.54, 1.807) is 18.9 Å². The molecule has 0 saturated carbocycles. The summed E-state index contributed by atoms with van der Waals surface area (Å²) in [6, 6.07) is 9.60. The molecule has 0 N–H and O–H groups in total. The van der Waals surface area contributed by atoms with Gasteiger partial charge in [-0.05, 0) is 44.7 Å². The molecule has 132 valence electrons. The molecule has 0 fully saturated rings. The molecule has 2 aliphatic rings. The van der Waals surface area contributed by atoms with Gasteiger partial charge >= 0.3 is 5.97 Å². The Morgan fingerprint density at radius 2 is 1.92 bits per heavy atom. The number of Topliss-reactive ketones (excluding diaryl/α,β-unsaturated/α-hetero) is 1. The van der Waals surface area contributed by atoms with Gasteiger partial charge < -0.3 is 9.64 Å². The molecule has 6 nitrogen and oxygen atoms in total. The zero-order valence-electron chi connectivity index (χ0n) is 14.5. The Morgan fingerprint density at radius 3 is 2.48 bits per heavy atom. The number of benzene rings is 1. The molecular weight excluding hydrogens is 358 g/mol. The highest BCUT2D eigenvalue weighted by molar-refractivity contribution is 8.28. The van der Waals surface area contributed by atoms with E-state index in [1.807, 2.05) is 49.2 Å². The molecule has 0 bridgehead atoms. The van der Waals surface area contributed by atoms with Crippen LogP contribution in [0.2, 0.25) is 0 Å². The number of carbonyl (C=O) groups is 2. The third kappa shape index (κ3) is 2.93. The molecule has 25 heavy (non-hydrogen) atoms. The minimum atomic E-state index is -0.755. The first-order chi connectivity index (χ1) is 11.9. The Morgan fingerprint density at radius 1 is 1.24 bits per heavy atom. The van der Waals surface area contributed by atoms with Crippen molar-refractivity contribution in [1.82, 2.24) is 4.90 Å². The van der Waals surface area contributed by atoms with Gasteiger partial charge in [0.25, 0.3) is 0 Å². The first-order valence-corrected chi connectivity index (χ1v) is 9.48. The molecule has 0 amide bonds. The minimum absolute atomic E-state index is 0.00409. The SMILES string of the molecule is CCOC(=O)C1=NN(c2ccccc2)C2(S1)SC(C(C)=O)=C(C)N2C. The molecule has 1 aromatic carbocycles. The van der Waals surface area contributed by atoms with Gasteiger partial charge in [-0.15, -0.1) is 0 Å². The van der Waals surface area contributed by atoms with E-state index in [-0.39, 0.29) is 17.4 Å². The number of anilines is 1. The topological polar surface area (TPSA) is 62.2 Å². The van der Waals surface area contributed by atoms with Crippen LogP contribution in [0.15, 0.2) is 46.0 Å². The average molecular weight is 377 g/mol. The van der Waals surface area contributed by atoms with Gasteiger partial charge in [0.15, 0.2) is 5.78 Å². The lowest BCUT2D eigenvalue weighted by molar-refractivity contribution is -0.134. The van der Waals surface area contributed by atoms with Gasteiger partial charge in [0.05, 0.1) is 17.2 Å². The number of hydrogen-bond acceptors (Lipinski definition) is 8. The lowest BCUT2D eigenvalue weighted by Gasteiger charge is -2.39. The number of thioether (sulfide) groups is 2. The van der Waals surface area contributed by atoms with Crippen LogP contribution in [-0.4, -0.2) is 39.7 Å². The average Bonchev–Trinajstić information content (AvgIpc) is 3.10. The molecule has 2 aliphatic heterocycles. The number of nitrogens with zero attached hydrogens (tertiary/aromatic N) is 3. The highest BCUT2D eigenvalue weighted by Crippen LogP contribution is 2.58. The number of rotatable bonds is 4. The largest absolute Gasteiger partial charge is 0.461 e. The highest BCUT2D eigenvalue weighted by Gasteiger charge is 2.55. The maximum Gasteiger partial charge on any atom is 0.365 e. The fourth-order valence-electron chi connectivity index (χ4n) is 2.65. The molecule has 0 aromatic heterocycles. The van der Waals surface area contributed by atoms with Crippen molar-refractivity contribution in [3.63, 3.8) is 0 Å². The Hall–Kier alpha value is -1.93. The normalized spacial score (nSPS) is 22.6. The number of ether oxygens (including phenoxy) is 1. The van der Waals surface area contributed by atoms with E-state index < -0.39 is 10.3 Å². The van der Waals surface area contributed by atoms with Gasteiger partial charge in [0.2, 0.25) is 9.37 Å². The third-order valence-electron chi connectivity index (χ3n) is 3.95. The van der Waals surface area contributed by atoms with Crippen molar-refractivity contribution < 1.29 is 14.3 Å². The Labute approximate surface area is 155 Å². The number of carbonyl (C=O) groups excluding carboxylic acids is 2. The van der Waals surface area contributed by atoms with Crippen molar-refractivity contribution in [3.05, 3.63) is 40.9 Å². The first kappa shape index (κ1) is 17.9. The van der Waals surface area contributed by atoms with Crippen molar-refractivity contribution in [2.75, 3.05) is 18.7 Å². The standard InChI is InChI=1S/C17H19N3O3S2/c1-5-23-16(22)15-18-20(13-9-7-6-8-10-13)17(25-15)19(4)11(2)14(24-17)12(3)21/h6-10H,5H2,1-4H3. The van der Waals surface area contributed by atoms with Crippen LogP contribution in [-0.2, 0) is 14.3 Å². The van der Waals surface area contributed by atoms with Crippen LogP contribution in [0.3, 0.4) is 0 Å². The second kappa shape index (κ2) is 6.76. The van der Waals surface area contributed by atoms with Gasteiger partial charge in [-0.1, -0.05) is 30.0 Å². The molecular formula is C17H19N3O3S2. The lowest BCUT2D eigenvalue weighted by Crippen LogP contribution is -2.47. The van der Waals surface area contributed by atoms with Crippen LogP contribution >= 0.6 is 23.5 Å². The summed E-state index contributed by atoms with van der Waals surface area (Å²) in [5.41, 5.74) is 1.71. The monoisotopic (exact) mass is 377 g/mol. The van der Waals surface area contributed by atoms with Crippen LogP contribution in [0.25, 0.3) is 0 Å². The van der Waals surface area contributed by atoms with Gasteiger partial charge in [-0.25, -0.2) is 9.80 Å². The molecule has 0 saturated heterocycles. The maximum absolute atomic E-state index is 12.3. The fraction of sp³-hybridized carbons (Fsp3) is 0.353. The molecule has 1 aromatic rings. The van der Waals surface area contributed by atoms with Crippen LogP contribution in [0.1, 0.15) is 20.8 Å². The van der Waals surface area contributed by atoms with E-state index in [1.165, 1.54) is 23.5 Å². The minimum Gasteiger partial charge on any atom is -0.461 e. The Bertz CT molecular complexity index is 779. The number of hydrazone groups is 1. The molecule has 0 radical (unpaired) electrons. The van der Waals surface area contributed by atoms with E-state index in [2.05, 4.69) is 5.10 Å². The van der Waals surface area contributed by atoms with Crippen LogP contribution in [0.5, 0.6) is 0 Å². The summed E-state index contributed by atoms with van der Waals surface area (Å²) in [5, 5.41) is 6.59. The molecule has 3 rings (SSSR count). The zero-order chi connectivity index (χ0) is 18.2. The van der Waals surface area contributed by atoms with Gasteiger partial charge in [0, 0.05) is 12.7 Å². The smallest absolute Gasteiger partial charge is 0.365 e. The summed E-state index contributed by atoms with van der Waals surface area (Å²) in [6.07, 6.45) is 0. The molecule has 8 heteroatoms. The summed E-state index contributed by atoms with van der Waals surface area (Å²) >= 11 is 2.71.